The molecule has 1 amide bonds. The van der Waals surface area contributed by atoms with Gasteiger partial charge in [0.25, 0.3) is 0 Å². The lowest BCUT2D eigenvalue weighted by Gasteiger charge is -2.32. The molecular weight excluding hydrogens is 412 g/mol. The van der Waals surface area contributed by atoms with Gasteiger partial charge in [-0.15, -0.1) is 0 Å². The Morgan fingerprint density at radius 1 is 1.28 bits per heavy atom. The largest absolute Gasteiger partial charge is 0.362 e. The third-order valence-electron chi connectivity index (χ3n) is 5.16. The highest BCUT2D eigenvalue weighted by Crippen LogP contribution is 2.31. The first-order valence-electron chi connectivity index (χ1n) is 9.49. The highest BCUT2D eigenvalue weighted by atomic mass is 35.5. The van der Waals surface area contributed by atoms with Gasteiger partial charge in [-0.25, -0.2) is 4.39 Å². The van der Waals surface area contributed by atoms with E-state index in [0.29, 0.717) is 40.8 Å². The van der Waals surface area contributed by atoms with Crippen molar-refractivity contribution >= 4 is 34.8 Å². The Morgan fingerprint density at radius 3 is 2.69 bits per heavy atom. The number of carbonyl (C=O) groups is 1. The fourth-order valence-electron chi connectivity index (χ4n) is 3.61. The number of nitrogens with zero attached hydrogens (tertiary/aromatic N) is 3. The van der Waals surface area contributed by atoms with Crippen molar-refractivity contribution in [1.29, 1.82) is 5.26 Å². The first kappa shape index (κ1) is 21.4. The van der Waals surface area contributed by atoms with Crippen LogP contribution in [0.1, 0.15) is 31.4 Å². The van der Waals surface area contributed by atoms with E-state index in [1.54, 1.807) is 18.2 Å². The summed E-state index contributed by atoms with van der Waals surface area (Å²) in [5.74, 6) is -0.302. The van der Waals surface area contributed by atoms with Crippen LogP contribution in [-0.2, 0) is 11.3 Å². The number of benzene rings is 2. The third kappa shape index (κ3) is 4.83. The normalized spacial score (nSPS) is 16.2. The van der Waals surface area contributed by atoms with Crippen LogP contribution >= 0.6 is 23.2 Å². The lowest BCUT2D eigenvalue weighted by atomic mass is 10.1. The summed E-state index contributed by atoms with van der Waals surface area (Å²) in [6, 6.07) is 11.6. The van der Waals surface area contributed by atoms with Gasteiger partial charge < -0.3 is 9.80 Å². The second-order valence-electron chi connectivity index (χ2n) is 7.52. The predicted octanol–water partition coefficient (Wildman–Crippen LogP) is 5.27. The first-order chi connectivity index (χ1) is 13.8. The second-order valence-corrected chi connectivity index (χ2v) is 8.34. The second kappa shape index (κ2) is 9.02. The zero-order chi connectivity index (χ0) is 21.1. The van der Waals surface area contributed by atoms with Crippen molar-refractivity contribution in [1.82, 2.24) is 4.90 Å². The van der Waals surface area contributed by atoms with Gasteiger partial charge in [0, 0.05) is 42.3 Å². The predicted molar refractivity (Wildman–Crippen MR) is 114 cm³/mol. The Bertz CT molecular complexity index is 958. The van der Waals surface area contributed by atoms with Crippen molar-refractivity contribution in [3.63, 3.8) is 0 Å². The van der Waals surface area contributed by atoms with Crippen molar-refractivity contribution < 1.29 is 9.18 Å². The monoisotopic (exact) mass is 433 g/mol. The molecule has 3 rings (SSSR count). The van der Waals surface area contributed by atoms with E-state index in [2.05, 4.69) is 11.0 Å². The highest BCUT2D eigenvalue weighted by Gasteiger charge is 2.32. The maximum absolute atomic E-state index is 13.8. The van der Waals surface area contributed by atoms with Crippen LogP contribution in [0.15, 0.2) is 36.4 Å². The van der Waals surface area contributed by atoms with Gasteiger partial charge in [-0.1, -0.05) is 37.0 Å². The number of halogens is 3. The lowest BCUT2D eigenvalue weighted by Crippen LogP contribution is -2.39. The molecule has 29 heavy (non-hydrogen) atoms. The molecule has 1 aliphatic heterocycles. The molecule has 0 N–H and O–H groups in total. The molecule has 0 saturated carbocycles. The van der Waals surface area contributed by atoms with E-state index < -0.39 is 0 Å². The minimum atomic E-state index is -0.356. The number of anilines is 1. The Morgan fingerprint density at radius 2 is 2.03 bits per heavy atom. The fraction of sp³-hybridized carbons (Fsp3) is 0.364. The number of hydrogen-bond acceptors (Lipinski definition) is 3. The molecule has 152 valence electrons. The molecule has 1 saturated heterocycles. The molecule has 7 heteroatoms. The van der Waals surface area contributed by atoms with Crippen LogP contribution in [0.5, 0.6) is 0 Å². The van der Waals surface area contributed by atoms with Gasteiger partial charge in [-0.3, -0.25) is 4.79 Å². The molecule has 0 bridgehead atoms. The van der Waals surface area contributed by atoms with Crippen molar-refractivity contribution in [3.05, 3.63) is 63.4 Å². The van der Waals surface area contributed by atoms with E-state index in [-0.39, 0.29) is 23.7 Å². The summed E-state index contributed by atoms with van der Waals surface area (Å²) in [5.41, 5.74) is 1.85. The highest BCUT2D eigenvalue weighted by molar-refractivity contribution is 6.32. The Kier molecular flexibility index (Phi) is 6.66. The van der Waals surface area contributed by atoms with Crippen LogP contribution in [0, 0.1) is 23.1 Å². The fourth-order valence-corrected chi connectivity index (χ4v) is 4.01. The summed E-state index contributed by atoms with van der Waals surface area (Å²) in [7, 11) is 0. The number of nitriles is 1. The SMILES string of the molecule is CC(C)C(=O)N1CCC(N(Cc2cc(F)ccc2Cl)c2ccc(C#N)c(Cl)c2)C1. The van der Waals surface area contributed by atoms with Crippen LogP contribution in [0.25, 0.3) is 0 Å². The molecular formula is C22H22Cl2FN3O. The number of rotatable bonds is 5. The quantitative estimate of drug-likeness (QED) is 0.645. The maximum atomic E-state index is 13.8. The summed E-state index contributed by atoms with van der Waals surface area (Å²) in [6.45, 7) is 5.38. The molecule has 0 aliphatic carbocycles. The van der Waals surface area contributed by atoms with Crippen LogP contribution in [0.4, 0.5) is 10.1 Å². The zero-order valence-electron chi connectivity index (χ0n) is 16.3. The first-order valence-corrected chi connectivity index (χ1v) is 10.2. The third-order valence-corrected chi connectivity index (χ3v) is 5.84. The van der Waals surface area contributed by atoms with Gasteiger partial charge in [0.1, 0.15) is 11.9 Å². The lowest BCUT2D eigenvalue weighted by molar-refractivity contribution is -0.133. The molecule has 1 atom stereocenters. The standard InChI is InChI=1S/C22H22Cl2FN3O/c1-14(2)22(29)27-8-7-19(13-27)28(12-16-9-17(25)4-6-20(16)23)18-5-3-15(11-26)21(24)10-18/h3-6,9-10,14,19H,7-8,12-13H2,1-2H3. The van der Waals surface area contributed by atoms with Crippen molar-refractivity contribution in [2.75, 3.05) is 18.0 Å². The minimum Gasteiger partial charge on any atom is -0.362 e. The van der Waals surface area contributed by atoms with E-state index in [9.17, 15) is 9.18 Å². The van der Waals surface area contributed by atoms with Crippen molar-refractivity contribution in [2.45, 2.75) is 32.9 Å². The molecule has 1 aliphatic rings. The Hall–Kier alpha value is -2.29. The smallest absolute Gasteiger partial charge is 0.225 e. The average molecular weight is 434 g/mol. The van der Waals surface area contributed by atoms with Gasteiger partial charge in [0.05, 0.1) is 10.6 Å². The summed E-state index contributed by atoms with van der Waals surface area (Å²) < 4.78 is 13.8. The van der Waals surface area contributed by atoms with Crippen LogP contribution in [0.2, 0.25) is 10.0 Å². The topological polar surface area (TPSA) is 47.3 Å². The Labute approximate surface area is 180 Å². The molecule has 0 aromatic heterocycles. The van der Waals surface area contributed by atoms with Crippen molar-refractivity contribution in [3.8, 4) is 6.07 Å². The van der Waals surface area contributed by atoms with Gasteiger partial charge in [-0.05, 0) is 48.4 Å². The van der Waals surface area contributed by atoms with E-state index >= 15 is 0 Å². The summed E-state index contributed by atoms with van der Waals surface area (Å²) >= 11 is 12.6. The molecule has 4 nitrogen and oxygen atoms in total. The molecule has 1 unspecified atom stereocenters. The minimum absolute atomic E-state index is 0.0287. The molecule has 2 aromatic rings. The average Bonchev–Trinajstić information content (AvgIpc) is 3.17. The summed E-state index contributed by atoms with van der Waals surface area (Å²) in [5, 5.41) is 9.99. The van der Waals surface area contributed by atoms with E-state index in [1.165, 1.54) is 12.1 Å². The van der Waals surface area contributed by atoms with Gasteiger partial charge in [-0.2, -0.15) is 5.26 Å². The number of amides is 1. The van der Waals surface area contributed by atoms with Crippen LogP contribution < -0.4 is 4.90 Å². The summed E-state index contributed by atoms with van der Waals surface area (Å²) in [6.07, 6.45) is 0.781. The Balaban J connectivity index is 1.94. The number of hydrogen-bond donors (Lipinski definition) is 0. The maximum Gasteiger partial charge on any atom is 0.225 e. The number of likely N-dealkylation sites (tertiary alicyclic amines) is 1. The van der Waals surface area contributed by atoms with Crippen molar-refractivity contribution in [2.24, 2.45) is 5.92 Å². The molecule has 0 spiro atoms. The van der Waals surface area contributed by atoms with Crippen LogP contribution in [0.3, 0.4) is 0 Å². The number of carbonyl (C=O) groups excluding carboxylic acids is 1. The molecule has 2 aromatic carbocycles. The van der Waals surface area contributed by atoms with Gasteiger partial charge >= 0.3 is 0 Å². The van der Waals surface area contributed by atoms with Gasteiger partial charge in [0.2, 0.25) is 5.91 Å². The molecule has 1 heterocycles. The molecule has 1 fully saturated rings. The van der Waals surface area contributed by atoms with E-state index in [4.69, 9.17) is 28.5 Å². The van der Waals surface area contributed by atoms with E-state index in [1.807, 2.05) is 24.8 Å². The molecule has 0 radical (unpaired) electrons. The summed E-state index contributed by atoms with van der Waals surface area (Å²) in [4.78, 5) is 16.4. The van der Waals surface area contributed by atoms with Crippen LogP contribution in [-0.4, -0.2) is 29.9 Å². The van der Waals surface area contributed by atoms with E-state index in [0.717, 1.165) is 12.1 Å². The van der Waals surface area contributed by atoms with Gasteiger partial charge in [0.15, 0.2) is 0 Å². The zero-order valence-corrected chi connectivity index (χ0v) is 17.8.